The van der Waals surface area contributed by atoms with E-state index in [0.717, 1.165) is 17.9 Å². The van der Waals surface area contributed by atoms with E-state index in [1.165, 1.54) is 33.9 Å². The van der Waals surface area contributed by atoms with E-state index in [-0.39, 0.29) is 22.4 Å². The Morgan fingerprint density at radius 1 is 1.29 bits per heavy atom. The van der Waals surface area contributed by atoms with Gasteiger partial charge in [-0.2, -0.15) is 11.8 Å². The zero-order valence-electron chi connectivity index (χ0n) is 10.8. The molecule has 0 saturated heterocycles. The maximum absolute atomic E-state index is 12.3. The van der Waals surface area contributed by atoms with Crippen molar-refractivity contribution in [2.75, 3.05) is 11.1 Å². The van der Waals surface area contributed by atoms with Gasteiger partial charge in [0.15, 0.2) is 5.75 Å². The van der Waals surface area contributed by atoms with Crippen molar-refractivity contribution in [1.82, 2.24) is 0 Å². The summed E-state index contributed by atoms with van der Waals surface area (Å²) in [6, 6.07) is 4.82. The Labute approximate surface area is 140 Å². The number of aromatic hydroxyl groups is 1. The monoisotopic (exact) mass is 359 g/mol. The van der Waals surface area contributed by atoms with Crippen LogP contribution in [-0.2, 0) is 12.2 Å². The Bertz CT molecular complexity index is 692. The highest BCUT2D eigenvalue weighted by atomic mass is 35.5. The number of hydrogen-bond donors (Lipinski definition) is 2. The summed E-state index contributed by atoms with van der Waals surface area (Å²) in [6.07, 6.45) is 1.01. The lowest BCUT2D eigenvalue weighted by Gasteiger charge is -2.08. The van der Waals surface area contributed by atoms with E-state index in [1.807, 2.05) is 17.8 Å². The summed E-state index contributed by atoms with van der Waals surface area (Å²) < 4.78 is 0. The van der Waals surface area contributed by atoms with Gasteiger partial charge in [0.25, 0.3) is 5.91 Å². The van der Waals surface area contributed by atoms with Crippen LogP contribution in [0.3, 0.4) is 0 Å². The number of carbonyl (C=O) groups excluding carboxylic acids is 1. The largest absolute Gasteiger partial charge is 0.504 e. The Hall–Kier alpha value is -0.880. The summed E-state index contributed by atoms with van der Waals surface area (Å²) in [7, 11) is 0. The van der Waals surface area contributed by atoms with Gasteiger partial charge >= 0.3 is 0 Å². The van der Waals surface area contributed by atoms with Crippen molar-refractivity contribution < 1.29 is 9.90 Å². The fourth-order valence-corrected chi connectivity index (χ4v) is 4.87. The van der Waals surface area contributed by atoms with Crippen molar-refractivity contribution in [2.24, 2.45) is 0 Å². The van der Waals surface area contributed by atoms with Gasteiger partial charge in [-0.05, 0) is 35.9 Å². The topological polar surface area (TPSA) is 49.3 Å². The molecule has 0 aliphatic carbocycles. The summed E-state index contributed by atoms with van der Waals surface area (Å²) in [5.74, 6) is 1.62. The molecule has 21 heavy (non-hydrogen) atoms. The van der Waals surface area contributed by atoms with Crippen molar-refractivity contribution in [3.63, 3.8) is 0 Å². The smallest absolute Gasteiger partial charge is 0.265 e. The van der Waals surface area contributed by atoms with Crippen molar-refractivity contribution in [1.29, 1.82) is 0 Å². The van der Waals surface area contributed by atoms with Crippen LogP contribution in [0.15, 0.2) is 18.2 Å². The van der Waals surface area contributed by atoms with E-state index in [4.69, 9.17) is 23.2 Å². The summed E-state index contributed by atoms with van der Waals surface area (Å²) in [5, 5.41) is 13.0. The van der Waals surface area contributed by atoms with E-state index >= 15 is 0 Å². The number of carbonyl (C=O) groups is 1. The molecule has 7 heteroatoms. The van der Waals surface area contributed by atoms with E-state index < -0.39 is 0 Å². The van der Waals surface area contributed by atoms with Gasteiger partial charge in [-0.1, -0.05) is 23.2 Å². The highest BCUT2D eigenvalue weighted by Gasteiger charge is 2.19. The van der Waals surface area contributed by atoms with Crippen LogP contribution >= 0.6 is 46.3 Å². The number of phenolic OH excluding ortho intramolecular Hbond substituents is 1. The number of hydrogen-bond acceptors (Lipinski definition) is 4. The van der Waals surface area contributed by atoms with Gasteiger partial charge in [-0.25, -0.2) is 0 Å². The van der Waals surface area contributed by atoms with Gasteiger partial charge in [-0.15, -0.1) is 11.3 Å². The second-order valence-corrected chi connectivity index (χ2v) is 7.69. The van der Waals surface area contributed by atoms with Crippen molar-refractivity contribution in [2.45, 2.75) is 12.2 Å². The normalized spacial score (nSPS) is 13.8. The predicted molar refractivity (Wildman–Crippen MR) is 90.3 cm³/mol. The summed E-state index contributed by atoms with van der Waals surface area (Å²) in [4.78, 5) is 14.2. The molecule has 1 aliphatic rings. The third-order valence-electron chi connectivity index (χ3n) is 3.13. The van der Waals surface area contributed by atoms with Crippen LogP contribution in [0, 0.1) is 0 Å². The fraction of sp³-hybridized carbons (Fsp3) is 0.214. The summed E-state index contributed by atoms with van der Waals surface area (Å²) >= 11 is 15.1. The number of phenols is 1. The Balaban J connectivity index is 1.85. The molecule has 1 aromatic carbocycles. The van der Waals surface area contributed by atoms with Gasteiger partial charge in [0.05, 0.1) is 15.6 Å². The molecule has 0 saturated carbocycles. The molecule has 0 bridgehead atoms. The first-order valence-corrected chi connectivity index (χ1v) is 8.96. The summed E-state index contributed by atoms with van der Waals surface area (Å²) in [6.45, 7) is 0. The Morgan fingerprint density at radius 3 is 2.86 bits per heavy atom. The van der Waals surface area contributed by atoms with E-state index in [9.17, 15) is 9.90 Å². The molecule has 0 spiro atoms. The first-order valence-electron chi connectivity index (χ1n) is 6.23. The Kier molecular flexibility index (Phi) is 4.36. The number of benzene rings is 1. The number of fused-ring (bicyclic) bond motifs is 1. The maximum Gasteiger partial charge on any atom is 0.265 e. The minimum Gasteiger partial charge on any atom is -0.504 e. The average Bonchev–Trinajstić information content (AvgIpc) is 2.88. The number of thiophene rings is 1. The molecule has 1 amide bonds. The minimum atomic E-state index is -0.256. The highest BCUT2D eigenvalue weighted by Crippen LogP contribution is 2.36. The van der Waals surface area contributed by atoms with E-state index in [0.29, 0.717) is 9.90 Å². The molecular weight excluding hydrogens is 349 g/mol. The number of amides is 1. The predicted octanol–water partition coefficient (Wildman–Crippen LogP) is 4.80. The van der Waals surface area contributed by atoms with Crippen LogP contribution in [0.1, 0.15) is 20.1 Å². The molecule has 1 aliphatic heterocycles. The first kappa shape index (κ1) is 15.0. The number of halogens is 2. The molecule has 2 aromatic rings. The minimum absolute atomic E-state index is 0.111. The van der Waals surface area contributed by atoms with Crippen LogP contribution < -0.4 is 5.32 Å². The van der Waals surface area contributed by atoms with E-state index in [1.54, 1.807) is 0 Å². The molecule has 1 aromatic heterocycles. The third kappa shape index (κ3) is 3.16. The number of aryl methyl sites for hydroxylation is 1. The SMILES string of the molecule is O=C(Nc1cc(Cl)cc(Cl)c1O)c1cc2c(s1)CCSC2. The quantitative estimate of drug-likeness (QED) is 0.757. The zero-order chi connectivity index (χ0) is 15.0. The number of anilines is 1. The van der Waals surface area contributed by atoms with Gasteiger partial charge in [0.2, 0.25) is 0 Å². The molecule has 0 unspecified atom stereocenters. The molecule has 110 valence electrons. The van der Waals surface area contributed by atoms with Crippen molar-refractivity contribution in [3.8, 4) is 5.75 Å². The number of rotatable bonds is 2. The second kappa shape index (κ2) is 6.08. The van der Waals surface area contributed by atoms with Crippen molar-refractivity contribution in [3.05, 3.63) is 43.6 Å². The summed E-state index contributed by atoms with van der Waals surface area (Å²) in [5.41, 5.74) is 1.45. The molecule has 3 nitrogen and oxygen atoms in total. The lowest BCUT2D eigenvalue weighted by molar-refractivity contribution is 0.103. The zero-order valence-corrected chi connectivity index (χ0v) is 13.9. The van der Waals surface area contributed by atoms with Gasteiger partial charge in [0.1, 0.15) is 0 Å². The van der Waals surface area contributed by atoms with Crippen LogP contribution in [0.4, 0.5) is 5.69 Å². The van der Waals surface area contributed by atoms with Crippen LogP contribution in [-0.4, -0.2) is 16.8 Å². The highest BCUT2D eigenvalue weighted by molar-refractivity contribution is 7.98. The molecule has 2 heterocycles. The van der Waals surface area contributed by atoms with Crippen LogP contribution in [0.2, 0.25) is 10.0 Å². The lowest BCUT2D eigenvalue weighted by atomic mass is 10.2. The van der Waals surface area contributed by atoms with Crippen LogP contribution in [0.5, 0.6) is 5.75 Å². The Morgan fingerprint density at radius 2 is 2.10 bits per heavy atom. The van der Waals surface area contributed by atoms with Crippen LogP contribution in [0.25, 0.3) is 0 Å². The molecule has 0 radical (unpaired) electrons. The molecular formula is C14H11Cl2NO2S2. The third-order valence-corrected chi connectivity index (χ3v) is 5.88. The lowest BCUT2D eigenvalue weighted by Crippen LogP contribution is -2.10. The second-order valence-electron chi connectivity index (χ2n) is 4.60. The van der Waals surface area contributed by atoms with Gasteiger partial charge in [0, 0.05) is 15.7 Å². The maximum atomic E-state index is 12.3. The van der Waals surface area contributed by atoms with Gasteiger partial charge < -0.3 is 10.4 Å². The fourth-order valence-electron chi connectivity index (χ4n) is 2.10. The van der Waals surface area contributed by atoms with E-state index in [2.05, 4.69) is 5.32 Å². The van der Waals surface area contributed by atoms with Crippen molar-refractivity contribution >= 4 is 57.9 Å². The average molecular weight is 360 g/mol. The molecule has 2 N–H and O–H groups in total. The first-order chi connectivity index (χ1) is 10.0. The number of nitrogens with one attached hydrogen (secondary N) is 1. The molecule has 3 rings (SSSR count). The molecule has 0 fully saturated rings. The number of thioether (sulfide) groups is 1. The molecule has 0 atom stereocenters. The van der Waals surface area contributed by atoms with Gasteiger partial charge in [-0.3, -0.25) is 4.79 Å². The standard InChI is InChI=1S/C14H11Cl2NO2S2/c15-8-4-9(16)13(18)10(5-8)17-14(19)12-3-7-6-20-2-1-11(7)21-12/h3-5,18H,1-2,6H2,(H,17,19).